The van der Waals surface area contributed by atoms with Crippen molar-refractivity contribution in [2.45, 2.75) is 38.1 Å². The van der Waals surface area contributed by atoms with Crippen LogP contribution in [-0.2, 0) is 0 Å². The number of benzene rings is 1. The summed E-state index contributed by atoms with van der Waals surface area (Å²) in [4.78, 5) is 0. The number of ether oxygens (including phenoxy) is 3. The minimum Gasteiger partial charge on any atom is -1.00 e. The van der Waals surface area contributed by atoms with E-state index >= 15 is 0 Å². The molecule has 118 valence electrons. The van der Waals surface area contributed by atoms with Gasteiger partial charge in [-0.2, -0.15) is 0 Å². The summed E-state index contributed by atoms with van der Waals surface area (Å²) in [5.41, 5.74) is 0. The zero-order chi connectivity index (χ0) is 13.6. The fourth-order valence-electron chi connectivity index (χ4n) is 2.89. The van der Waals surface area contributed by atoms with Crippen molar-refractivity contribution in [1.29, 1.82) is 0 Å². The molecule has 21 heavy (non-hydrogen) atoms. The molecule has 0 amide bonds. The number of para-hydroxylation sites is 1. The lowest BCUT2D eigenvalue weighted by molar-refractivity contribution is -0.00000511. The lowest BCUT2D eigenvalue weighted by Gasteiger charge is -2.23. The van der Waals surface area contributed by atoms with Crippen molar-refractivity contribution in [1.82, 2.24) is 5.32 Å². The van der Waals surface area contributed by atoms with Crippen LogP contribution in [0.15, 0.2) is 18.2 Å². The molecule has 2 aliphatic rings. The first-order valence-electron chi connectivity index (χ1n) is 7.68. The summed E-state index contributed by atoms with van der Waals surface area (Å²) in [6.45, 7) is 2.75. The molecule has 0 atom stereocenters. The Balaban J connectivity index is 0.00000161. The lowest BCUT2D eigenvalue weighted by Crippen LogP contribution is -3.00. The maximum atomic E-state index is 5.83. The predicted octanol–water partition coefficient (Wildman–Crippen LogP) is -0.237. The highest BCUT2D eigenvalue weighted by Crippen LogP contribution is 2.38. The molecule has 0 spiro atoms. The van der Waals surface area contributed by atoms with Crippen molar-refractivity contribution in [3.05, 3.63) is 18.2 Å². The Morgan fingerprint density at radius 1 is 1.10 bits per heavy atom. The van der Waals surface area contributed by atoms with E-state index in [9.17, 15) is 0 Å². The quantitative estimate of drug-likeness (QED) is 0.762. The molecule has 1 aromatic rings. The maximum Gasteiger partial charge on any atom is 0.203 e. The molecule has 3 rings (SSSR count). The second-order valence-corrected chi connectivity index (χ2v) is 5.42. The number of rotatable bonds is 5. The van der Waals surface area contributed by atoms with Gasteiger partial charge in [0, 0.05) is 12.6 Å². The van der Waals surface area contributed by atoms with Gasteiger partial charge in [-0.3, -0.25) is 0 Å². The predicted molar refractivity (Wildman–Crippen MR) is 77.8 cm³/mol. The highest BCUT2D eigenvalue weighted by Gasteiger charge is 2.17. The Kier molecular flexibility index (Phi) is 6.46. The van der Waals surface area contributed by atoms with Crippen LogP contribution in [0.5, 0.6) is 17.2 Å². The largest absolute Gasteiger partial charge is 1.00 e. The number of hydrogen-bond acceptors (Lipinski definition) is 4. The van der Waals surface area contributed by atoms with E-state index in [2.05, 4.69) is 5.32 Å². The molecule has 5 heteroatoms. The number of halogens is 1. The summed E-state index contributed by atoms with van der Waals surface area (Å²) >= 11 is 0. The van der Waals surface area contributed by atoms with Crippen LogP contribution >= 0.6 is 0 Å². The van der Waals surface area contributed by atoms with Crippen LogP contribution in [0.3, 0.4) is 0 Å². The average Bonchev–Trinajstić information content (AvgIpc) is 2.53. The van der Waals surface area contributed by atoms with Crippen LogP contribution in [0.4, 0.5) is 0 Å². The van der Waals surface area contributed by atoms with Gasteiger partial charge in [-0.1, -0.05) is 25.3 Å². The highest BCUT2D eigenvalue weighted by atomic mass is 35.5. The zero-order valence-corrected chi connectivity index (χ0v) is 13.0. The molecule has 1 fully saturated rings. The van der Waals surface area contributed by atoms with E-state index in [0.717, 1.165) is 23.8 Å². The van der Waals surface area contributed by atoms with Crippen molar-refractivity contribution >= 4 is 0 Å². The van der Waals surface area contributed by atoms with E-state index in [4.69, 9.17) is 14.2 Å². The fraction of sp³-hybridized carbons (Fsp3) is 0.625. The second-order valence-electron chi connectivity index (χ2n) is 5.42. The molecule has 1 N–H and O–H groups in total. The maximum absolute atomic E-state index is 5.83. The normalized spacial score (nSPS) is 17.9. The molecule has 0 unspecified atom stereocenters. The van der Waals surface area contributed by atoms with Crippen LogP contribution in [0.2, 0.25) is 0 Å². The molecular formula is C16H23ClNO3-. The Bertz CT molecular complexity index is 436. The first-order valence-corrected chi connectivity index (χ1v) is 7.68. The molecule has 0 aromatic heterocycles. The summed E-state index contributed by atoms with van der Waals surface area (Å²) in [7, 11) is 0. The van der Waals surface area contributed by atoms with Crippen LogP contribution in [0.25, 0.3) is 0 Å². The van der Waals surface area contributed by atoms with Crippen molar-refractivity contribution in [3.8, 4) is 17.2 Å². The molecule has 1 aromatic carbocycles. The smallest absolute Gasteiger partial charge is 0.203 e. The number of nitrogens with one attached hydrogen (secondary N) is 1. The van der Waals surface area contributed by atoms with Gasteiger partial charge in [-0.25, -0.2) is 0 Å². The Labute approximate surface area is 132 Å². The highest BCUT2D eigenvalue weighted by molar-refractivity contribution is 5.51. The minimum atomic E-state index is 0. The van der Waals surface area contributed by atoms with Crippen molar-refractivity contribution < 1.29 is 26.6 Å². The van der Waals surface area contributed by atoms with E-state index in [1.165, 1.54) is 32.1 Å². The van der Waals surface area contributed by atoms with Gasteiger partial charge in [0.2, 0.25) is 5.75 Å². The number of hydrogen-bond donors (Lipinski definition) is 1. The lowest BCUT2D eigenvalue weighted by atomic mass is 9.96. The molecule has 0 saturated heterocycles. The van der Waals surface area contributed by atoms with Gasteiger partial charge >= 0.3 is 0 Å². The van der Waals surface area contributed by atoms with E-state index in [-0.39, 0.29) is 12.4 Å². The zero-order valence-electron chi connectivity index (χ0n) is 12.3. The van der Waals surface area contributed by atoms with E-state index in [1.54, 1.807) is 0 Å². The molecule has 1 aliphatic heterocycles. The topological polar surface area (TPSA) is 39.7 Å². The average molecular weight is 313 g/mol. The summed E-state index contributed by atoms with van der Waals surface area (Å²) in [6, 6.07) is 6.48. The molecule has 0 bridgehead atoms. The van der Waals surface area contributed by atoms with Crippen LogP contribution in [0, 0.1) is 0 Å². The van der Waals surface area contributed by atoms with Crippen LogP contribution < -0.4 is 31.9 Å². The Hall–Kier alpha value is -1.13. The first kappa shape index (κ1) is 16.2. The molecule has 4 nitrogen and oxygen atoms in total. The van der Waals surface area contributed by atoms with Crippen molar-refractivity contribution in [2.24, 2.45) is 0 Å². The SMILES string of the molecule is [Cl-].c1cc(OCCNC2CCCCC2)c2c(c1)OCCO2. The minimum absolute atomic E-state index is 0. The van der Waals surface area contributed by atoms with E-state index in [1.807, 2.05) is 18.2 Å². The third-order valence-corrected chi connectivity index (χ3v) is 3.93. The summed E-state index contributed by atoms with van der Waals surface area (Å²) < 4.78 is 17.0. The first-order chi connectivity index (χ1) is 9.93. The van der Waals surface area contributed by atoms with Gasteiger partial charge in [-0.15, -0.1) is 0 Å². The van der Waals surface area contributed by atoms with E-state index in [0.29, 0.717) is 25.9 Å². The van der Waals surface area contributed by atoms with Crippen molar-refractivity contribution in [2.75, 3.05) is 26.4 Å². The van der Waals surface area contributed by atoms with Gasteiger partial charge in [0.1, 0.15) is 19.8 Å². The summed E-state index contributed by atoms with van der Waals surface area (Å²) in [6.07, 6.45) is 6.71. The summed E-state index contributed by atoms with van der Waals surface area (Å²) in [5, 5.41) is 3.57. The molecule has 1 aliphatic carbocycles. The monoisotopic (exact) mass is 312 g/mol. The van der Waals surface area contributed by atoms with Gasteiger partial charge in [0.15, 0.2) is 11.5 Å². The standard InChI is InChI=1S/C16H23NO3.ClH/c1-2-5-13(6-3-1)17-9-10-18-14-7-4-8-15-16(14)20-12-11-19-15;/h4,7-8,13,17H,1-3,5-6,9-12H2;1H/p-1. The van der Waals surface area contributed by atoms with Crippen LogP contribution in [0.1, 0.15) is 32.1 Å². The molecule has 0 radical (unpaired) electrons. The van der Waals surface area contributed by atoms with Gasteiger partial charge in [-0.05, 0) is 25.0 Å². The van der Waals surface area contributed by atoms with Gasteiger partial charge in [0.25, 0.3) is 0 Å². The van der Waals surface area contributed by atoms with Gasteiger partial charge < -0.3 is 31.9 Å². The van der Waals surface area contributed by atoms with Crippen molar-refractivity contribution in [3.63, 3.8) is 0 Å². The second kappa shape index (κ2) is 8.35. The third-order valence-electron chi connectivity index (χ3n) is 3.93. The van der Waals surface area contributed by atoms with Crippen LogP contribution in [-0.4, -0.2) is 32.4 Å². The number of fused-ring (bicyclic) bond motifs is 1. The molecule has 1 saturated carbocycles. The fourth-order valence-corrected chi connectivity index (χ4v) is 2.89. The van der Waals surface area contributed by atoms with Gasteiger partial charge in [0.05, 0.1) is 0 Å². The molecule has 1 heterocycles. The Morgan fingerprint density at radius 2 is 1.90 bits per heavy atom. The molecular weight excluding hydrogens is 290 g/mol. The summed E-state index contributed by atoms with van der Waals surface area (Å²) in [5.74, 6) is 2.32. The Morgan fingerprint density at radius 3 is 2.76 bits per heavy atom. The third kappa shape index (κ3) is 4.42. The van der Waals surface area contributed by atoms with E-state index < -0.39 is 0 Å².